The first-order chi connectivity index (χ1) is 7.34. The van der Waals surface area contributed by atoms with E-state index in [0.29, 0.717) is 17.6 Å². The summed E-state index contributed by atoms with van der Waals surface area (Å²) in [5.74, 6) is 1.47. The van der Waals surface area contributed by atoms with E-state index in [0.717, 1.165) is 25.7 Å². The smallest absolute Gasteiger partial charge is 0.136 e. The Morgan fingerprint density at radius 2 is 2.07 bits per heavy atom. The van der Waals surface area contributed by atoms with Gasteiger partial charge >= 0.3 is 0 Å². The van der Waals surface area contributed by atoms with E-state index in [1.807, 2.05) is 0 Å². The van der Waals surface area contributed by atoms with Crippen molar-refractivity contribution < 1.29 is 4.79 Å². The van der Waals surface area contributed by atoms with Gasteiger partial charge in [0.25, 0.3) is 0 Å². The molecule has 15 heavy (non-hydrogen) atoms. The normalized spacial score (nSPS) is 23.9. The molecule has 1 atom stereocenters. The van der Waals surface area contributed by atoms with Gasteiger partial charge in [-0.1, -0.05) is 30.7 Å². The van der Waals surface area contributed by atoms with Crippen molar-refractivity contribution in [2.45, 2.75) is 38.0 Å². The monoisotopic (exact) mass is 200 g/mol. The van der Waals surface area contributed by atoms with Crippen molar-refractivity contribution in [3.63, 3.8) is 0 Å². The second kappa shape index (κ2) is 3.48. The minimum absolute atomic E-state index is 0.415. The molecule has 1 nitrogen and oxygen atoms in total. The van der Waals surface area contributed by atoms with Gasteiger partial charge in [0.05, 0.1) is 0 Å². The molecular formula is C14H16O. The van der Waals surface area contributed by atoms with E-state index >= 15 is 0 Å². The Balaban J connectivity index is 1.65. The van der Waals surface area contributed by atoms with E-state index in [2.05, 4.69) is 24.3 Å². The maximum atomic E-state index is 11.8. The quantitative estimate of drug-likeness (QED) is 0.732. The highest BCUT2D eigenvalue weighted by molar-refractivity contribution is 5.83. The van der Waals surface area contributed by atoms with E-state index in [9.17, 15) is 4.79 Å². The van der Waals surface area contributed by atoms with Crippen LogP contribution in [0.15, 0.2) is 24.3 Å². The van der Waals surface area contributed by atoms with Crippen molar-refractivity contribution in [1.82, 2.24) is 0 Å². The Morgan fingerprint density at radius 1 is 1.27 bits per heavy atom. The third kappa shape index (κ3) is 1.50. The van der Waals surface area contributed by atoms with Crippen LogP contribution < -0.4 is 0 Å². The van der Waals surface area contributed by atoms with Gasteiger partial charge in [0.2, 0.25) is 0 Å². The van der Waals surface area contributed by atoms with Crippen LogP contribution in [-0.2, 0) is 11.2 Å². The summed E-state index contributed by atoms with van der Waals surface area (Å²) in [6, 6.07) is 8.53. The van der Waals surface area contributed by atoms with Crippen molar-refractivity contribution in [3.8, 4) is 0 Å². The van der Waals surface area contributed by atoms with Crippen molar-refractivity contribution in [2.75, 3.05) is 0 Å². The molecule has 2 aliphatic rings. The molecule has 78 valence electrons. The molecule has 1 aromatic carbocycles. The van der Waals surface area contributed by atoms with Crippen LogP contribution in [0.1, 0.15) is 42.7 Å². The second-order valence-corrected chi connectivity index (χ2v) is 4.90. The number of ketones is 1. The number of carbonyl (C=O) groups excluding carboxylic acids is 1. The van der Waals surface area contributed by atoms with Gasteiger partial charge in [-0.3, -0.25) is 4.79 Å². The fourth-order valence-electron chi connectivity index (χ4n) is 2.68. The molecule has 1 aromatic rings. The van der Waals surface area contributed by atoms with Crippen LogP contribution in [-0.4, -0.2) is 5.78 Å². The molecule has 0 saturated heterocycles. The van der Waals surface area contributed by atoms with Crippen molar-refractivity contribution in [3.05, 3.63) is 35.4 Å². The predicted molar refractivity (Wildman–Crippen MR) is 59.9 cm³/mol. The van der Waals surface area contributed by atoms with Gasteiger partial charge in [0.1, 0.15) is 5.78 Å². The standard InChI is InChI=1S/C14H16O/c15-14(10-5-3-6-10)9-12-8-11-4-1-2-7-13(11)12/h1-2,4,7,10,12H,3,5-6,8-9H2. The molecule has 0 spiro atoms. The average molecular weight is 200 g/mol. The molecule has 1 unspecified atom stereocenters. The Morgan fingerprint density at radius 3 is 2.73 bits per heavy atom. The van der Waals surface area contributed by atoms with Crippen LogP contribution in [0.2, 0.25) is 0 Å². The topological polar surface area (TPSA) is 17.1 Å². The summed E-state index contributed by atoms with van der Waals surface area (Å²) in [7, 11) is 0. The highest BCUT2D eigenvalue weighted by atomic mass is 16.1. The number of Topliss-reactive ketones (excluding diaryl/α,β-unsaturated/α-hetero) is 1. The molecular weight excluding hydrogens is 184 g/mol. The third-order valence-corrected chi connectivity index (χ3v) is 3.97. The summed E-state index contributed by atoms with van der Waals surface area (Å²) in [4.78, 5) is 11.8. The minimum Gasteiger partial charge on any atom is -0.299 e. The molecule has 0 radical (unpaired) electrons. The molecule has 1 saturated carbocycles. The Kier molecular flexibility index (Phi) is 2.12. The first-order valence-electron chi connectivity index (χ1n) is 5.95. The first-order valence-corrected chi connectivity index (χ1v) is 5.95. The largest absolute Gasteiger partial charge is 0.299 e. The van der Waals surface area contributed by atoms with E-state index in [1.165, 1.54) is 17.5 Å². The Hall–Kier alpha value is -1.11. The summed E-state index contributed by atoms with van der Waals surface area (Å²) in [6.07, 6.45) is 5.47. The van der Waals surface area contributed by atoms with E-state index in [-0.39, 0.29) is 0 Å². The Labute approximate surface area is 90.5 Å². The SMILES string of the molecule is O=C(CC1Cc2ccccc21)C1CCC1. The van der Waals surface area contributed by atoms with Crippen molar-refractivity contribution >= 4 is 5.78 Å². The van der Waals surface area contributed by atoms with Crippen LogP contribution in [0, 0.1) is 5.92 Å². The van der Waals surface area contributed by atoms with Crippen LogP contribution in [0.3, 0.4) is 0 Å². The van der Waals surface area contributed by atoms with E-state index in [1.54, 1.807) is 0 Å². The molecule has 0 N–H and O–H groups in total. The number of hydrogen-bond donors (Lipinski definition) is 0. The maximum Gasteiger partial charge on any atom is 0.136 e. The first kappa shape index (κ1) is 9.14. The highest BCUT2D eigenvalue weighted by Crippen LogP contribution is 2.39. The summed E-state index contributed by atoms with van der Waals surface area (Å²) in [6.45, 7) is 0. The molecule has 0 aromatic heterocycles. The maximum absolute atomic E-state index is 11.8. The van der Waals surface area contributed by atoms with Gasteiger partial charge < -0.3 is 0 Å². The molecule has 0 aliphatic heterocycles. The molecule has 0 heterocycles. The lowest BCUT2D eigenvalue weighted by Crippen LogP contribution is -2.27. The fraction of sp³-hybridized carbons (Fsp3) is 0.500. The zero-order valence-corrected chi connectivity index (χ0v) is 8.91. The summed E-state index contributed by atoms with van der Waals surface area (Å²) in [5.41, 5.74) is 2.87. The highest BCUT2D eigenvalue weighted by Gasteiger charge is 2.32. The second-order valence-electron chi connectivity index (χ2n) is 4.90. The molecule has 2 aliphatic carbocycles. The van der Waals surface area contributed by atoms with Crippen LogP contribution in [0.5, 0.6) is 0 Å². The fourth-order valence-corrected chi connectivity index (χ4v) is 2.68. The van der Waals surface area contributed by atoms with Crippen LogP contribution in [0.4, 0.5) is 0 Å². The molecule has 1 fully saturated rings. The van der Waals surface area contributed by atoms with Gasteiger partial charge in [-0.2, -0.15) is 0 Å². The van der Waals surface area contributed by atoms with Gasteiger partial charge in [0.15, 0.2) is 0 Å². The molecule has 1 heteroatoms. The number of fused-ring (bicyclic) bond motifs is 1. The van der Waals surface area contributed by atoms with Crippen LogP contribution in [0.25, 0.3) is 0 Å². The lowest BCUT2D eigenvalue weighted by Gasteiger charge is -2.32. The average Bonchev–Trinajstić information content (AvgIpc) is 2.11. The van der Waals surface area contributed by atoms with Crippen molar-refractivity contribution in [1.29, 1.82) is 0 Å². The summed E-state index contributed by atoms with van der Waals surface area (Å²) < 4.78 is 0. The zero-order chi connectivity index (χ0) is 10.3. The van der Waals surface area contributed by atoms with Crippen molar-refractivity contribution in [2.24, 2.45) is 5.92 Å². The van der Waals surface area contributed by atoms with E-state index in [4.69, 9.17) is 0 Å². The summed E-state index contributed by atoms with van der Waals surface area (Å²) in [5, 5.41) is 0. The molecule has 3 rings (SSSR count). The lowest BCUT2D eigenvalue weighted by molar-refractivity contribution is -0.125. The van der Waals surface area contributed by atoms with Gasteiger partial charge in [-0.15, -0.1) is 0 Å². The lowest BCUT2D eigenvalue weighted by atomic mass is 9.71. The number of benzene rings is 1. The number of rotatable bonds is 3. The van der Waals surface area contributed by atoms with Gasteiger partial charge in [-0.05, 0) is 36.3 Å². The zero-order valence-electron chi connectivity index (χ0n) is 8.91. The third-order valence-electron chi connectivity index (χ3n) is 3.97. The number of hydrogen-bond acceptors (Lipinski definition) is 1. The van der Waals surface area contributed by atoms with Gasteiger partial charge in [0, 0.05) is 12.3 Å². The molecule has 0 bridgehead atoms. The van der Waals surface area contributed by atoms with Crippen LogP contribution >= 0.6 is 0 Å². The van der Waals surface area contributed by atoms with Gasteiger partial charge in [-0.25, -0.2) is 0 Å². The number of carbonyl (C=O) groups is 1. The van der Waals surface area contributed by atoms with E-state index < -0.39 is 0 Å². The summed E-state index contributed by atoms with van der Waals surface area (Å²) >= 11 is 0. The molecule has 0 amide bonds. The Bertz CT molecular complexity index is 390. The minimum atomic E-state index is 0.415. The predicted octanol–water partition coefficient (Wildman–Crippen LogP) is 3.09.